The van der Waals surface area contributed by atoms with Gasteiger partial charge in [0.15, 0.2) is 5.11 Å². The SMILES string of the molecule is C=CCOc1ccc(C(=O)NNC(=S)NC(=O)C(C)(C)C)cc1. The van der Waals surface area contributed by atoms with Crippen molar-refractivity contribution in [2.75, 3.05) is 6.61 Å². The maximum absolute atomic E-state index is 12.0. The molecule has 0 heterocycles. The number of hydrogen-bond donors (Lipinski definition) is 3. The number of carbonyl (C=O) groups excluding carboxylic acids is 2. The van der Waals surface area contributed by atoms with Gasteiger partial charge in [0.05, 0.1) is 0 Å². The lowest BCUT2D eigenvalue weighted by molar-refractivity contribution is -0.126. The summed E-state index contributed by atoms with van der Waals surface area (Å²) in [6.07, 6.45) is 1.64. The number of ether oxygens (including phenoxy) is 1. The van der Waals surface area contributed by atoms with E-state index in [0.717, 1.165) is 0 Å². The van der Waals surface area contributed by atoms with Crippen LogP contribution in [-0.4, -0.2) is 23.5 Å². The van der Waals surface area contributed by atoms with Crippen molar-refractivity contribution >= 4 is 29.1 Å². The molecule has 23 heavy (non-hydrogen) atoms. The van der Waals surface area contributed by atoms with Crippen LogP contribution in [0.2, 0.25) is 0 Å². The van der Waals surface area contributed by atoms with Crippen molar-refractivity contribution in [2.45, 2.75) is 20.8 Å². The molecule has 0 radical (unpaired) electrons. The first-order chi connectivity index (χ1) is 10.7. The van der Waals surface area contributed by atoms with Crippen LogP contribution in [0.25, 0.3) is 0 Å². The monoisotopic (exact) mass is 335 g/mol. The van der Waals surface area contributed by atoms with E-state index in [1.165, 1.54) is 0 Å². The Morgan fingerprint density at radius 2 is 1.83 bits per heavy atom. The average Bonchev–Trinajstić information content (AvgIpc) is 2.50. The summed E-state index contributed by atoms with van der Waals surface area (Å²) in [6.45, 7) is 9.25. The van der Waals surface area contributed by atoms with E-state index in [2.05, 4.69) is 22.7 Å². The van der Waals surface area contributed by atoms with Gasteiger partial charge < -0.3 is 10.1 Å². The molecule has 0 fully saturated rings. The summed E-state index contributed by atoms with van der Waals surface area (Å²) in [5.74, 6) is 0.0166. The van der Waals surface area contributed by atoms with Crippen molar-refractivity contribution in [3.8, 4) is 5.75 Å². The second-order valence-corrected chi connectivity index (χ2v) is 6.14. The molecule has 1 rings (SSSR count). The summed E-state index contributed by atoms with van der Waals surface area (Å²) in [5.41, 5.74) is 4.76. The van der Waals surface area contributed by atoms with E-state index >= 15 is 0 Å². The quantitative estimate of drug-likeness (QED) is 0.445. The minimum atomic E-state index is -0.572. The van der Waals surface area contributed by atoms with Crippen molar-refractivity contribution in [2.24, 2.45) is 5.41 Å². The molecule has 0 aromatic heterocycles. The van der Waals surface area contributed by atoms with E-state index < -0.39 is 5.41 Å². The second kappa shape index (κ2) is 8.28. The molecular weight excluding hydrogens is 314 g/mol. The first-order valence-corrected chi connectivity index (χ1v) is 7.40. The molecule has 0 aliphatic carbocycles. The fourth-order valence-corrected chi connectivity index (χ4v) is 1.51. The fourth-order valence-electron chi connectivity index (χ4n) is 1.37. The number of thiocarbonyl (C=S) groups is 1. The van der Waals surface area contributed by atoms with Crippen LogP contribution in [0.15, 0.2) is 36.9 Å². The minimum Gasteiger partial charge on any atom is -0.490 e. The molecular formula is C16H21N3O3S. The summed E-state index contributed by atoms with van der Waals surface area (Å²) in [4.78, 5) is 23.7. The van der Waals surface area contributed by atoms with Gasteiger partial charge in [-0.25, -0.2) is 0 Å². The van der Waals surface area contributed by atoms with Crippen molar-refractivity contribution in [3.05, 3.63) is 42.5 Å². The van der Waals surface area contributed by atoms with Gasteiger partial charge in [-0.1, -0.05) is 33.4 Å². The molecule has 0 atom stereocenters. The maximum Gasteiger partial charge on any atom is 0.269 e. The van der Waals surface area contributed by atoms with Gasteiger partial charge in [-0.2, -0.15) is 0 Å². The molecule has 0 aliphatic rings. The van der Waals surface area contributed by atoms with Crippen LogP contribution in [0.1, 0.15) is 31.1 Å². The Labute approximate surface area is 141 Å². The third-order valence-corrected chi connectivity index (χ3v) is 2.89. The van der Waals surface area contributed by atoms with Crippen LogP contribution < -0.4 is 20.9 Å². The highest BCUT2D eigenvalue weighted by Gasteiger charge is 2.22. The zero-order valence-corrected chi connectivity index (χ0v) is 14.3. The zero-order chi connectivity index (χ0) is 17.5. The molecule has 6 nitrogen and oxygen atoms in total. The van der Waals surface area contributed by atoms with E-state index in [-0.39, 0.29) is 16.9 Å². The van der Waals surface area contributed by atoms with E-state index in [1.807, 2.05) is 0 Å². The Bertz CT molecular complexity index is 592. The third kappa shape index (κ3) is 6.48. The van der Waals surface area contributed by atoms with Crippen LogP contribution in [0, 0.1) is 5.41 Å². The predicted octanol–water partition coefficient (Wildman–Crippen LogP) is 1.93. The predicted molar refractivity (Wildman–Crippen MR) is 92.9 cm³/mol. The number of benzene rings is 1. The number of carbonyl (C=O) groups is 2. The van der Waals surface area contributed by atoms with Crippen molar-refractivity contribution in [3.63, 3.8) is 0 Å². The van der Waals surface area contributed by atoms with E-state index in [0.29, 0.717) is 17.9 Å². The first-order valence-electron chi connectivity index (χ1n) is 6.99. The Kier molecular flexibility index (Phi) is 6.71. The topological polar surface area (TPSA) is 79.5 Å². The summed E-state index contributed by atoms with van der Waals surface area (Å²) >= 11 is 4.95. The van der Waals surface area contributed by atoms with Crippen LogP contribution in [0.3, 0.4) is 0 Å². The first kappa shape index (κ1) is 18.6. The van der Waals surface area contributed by atoms with Crippen molar-refractivity contribution < 1.29 is 14.3 Å². The summed E-state index contributed by atoms with van der Waals surface area (Å²) in [6, 6.07) is 6.59. The van der Waals surface area contributed by atoms with Gasteiger partial charge in [0.25, 0.3) is 5.91 Å². The molecule has 3 N–H and O–H groups in total. The summed E-state index contributed by atoms with van der Waals surface area (Å²) < 4.78 is 5.33. The zero-order valence-electron chi connectivity index (χ0n) is 13.4. The van der Waals surface area contributed by atoms with Gasteiger partial charge in [0.1, 0.15) is 12.4 Å². The molecule has 0 saturated carbocycles. The molecule has 1 aromatic carbocycles. The number of rotatable bonds is 4. The Hall–Kier alpha value is -2.41. The molecule has 2 amide bonds. The Morgan fingerprint density at radius 3 is 2.35 bits per heavy atom. The number of amides is 2. The molecule has 0 aliphatic heterocycles. The van der Waals surface area contributed by atoms with Crippen LogP contribution >= 0.6 is 12.2 Å². The van der Waals surface area contributed by atoms with E-state index in [9.17, 15) is 9.59 Å². The minimum absolute atomic E-state index is 0.0317. The molecule has 1 aromatic rings. The van der Waals surface area contributed by atoms with Gasteiger partial charge in [-0.15, -0.1) is 0 Å². The maximum atomic E-state index is 12.0. The molecule has 124 valence electrons. The van der Waals surface area contributed by atoms with Crippen molar-refractivity contribution in [1.82, 2.24) is 16.2 Å². The number of hydrazine groups is 1. The smallest absolute Gasteiger partial charge is 0.269 e. The Balaban J connectivity index is 2.48. The standard InChI is InChI=1S/C16H21N3O3S/c1-5-10-22-12-8-6-11(7-9-12)13(20)18-19-15(23)17-14(21)16(2,3)4/h5-9H,1,10H2,2-4H3,(H,18,20)(H2,17,19,21,23). The normalized spacial score (nSPS) is 10.4. The number of hydrogen-bond acceptors (Lipinski definition) is 4. The molecule has 0 spiro atoms. The lowest BCUT2D eigenvalue weighted by Gasteiger charge is -2.18. The summed E-state index contributed by atoms with van der Waals surface area (Å²) in [5, 5.41) is 2.53. The molecule has 0 unspecified atom stereocenters. The highest BCUT2D eigenvalue weighted by molar-refractivity contribution is 7.80. The largest absolute Gasteiger partial charge is 0.490 e. The van der Waals surface area contributed by atoms with Gasteiger partial charge in [-0.3, -0.25) is 20.4 Å². The molecule has 7 heteroatoms. The van der Waals surface area contributed by atoms with Gasteiger partial charge >= 0.3 is 0 Å². The van der Waals surface area contributed by atoms with Crippen LogP contribution in [-0.2, 0) is 4.79 Å². The van der Waals surface area contributed by atoms with E-state index in [1.54, 1.807) is 51.1 Å². The molecule has 0 bridgehead atoms. The van der Waals surface area contributed by atoms with Gasteiger partial charge in [-0.05, 0) is 36.5 Å². The lowest BCUT2D eigenvalue weighted by Crippen LogP contribution is -2.50. The van der Waals surface area contributed by atoms with Crippen LogP contribution in [0.5, 0.6) is 5.75 Å². The van der Waals surface area contributed by atoms with Crippen molar-refractivity contribution in [1.29, 1.82) is 0 Å². The van der Waals surface area contributed by atoms with Gasteiger partial charge in [0, 0.05) is 11.0 Å². The lowest BCUT2D eigenvalue weighted by atomic mass is 9.96. The van der Waals surface area contributed by atoms with E-state index in [4.69, 9.17) is 17.0 Å². The Morgan fingerprint density at radius 1 is 1.22 bits per heavy atom. The summed E-state index contributed by atoms with van der Waals surface area (Å²) in [7, 11) is 0. The fraction of sp³-hybridized carbons (Fsp3) is 0.312. The average molecular weight is 335 g/mol. The second-order valence-electron chi connectivity index (χ2n) is 5.74. The van der Waals surface area contributed by atoms with Gasteiger partial charge in [0.2, 0.25) is 5.91 Å². The number of nitrogens with one attached hydrogen (secondary N) is 3. The third-order valence-electron chi connectivity index (χ3n) is 2.68. The molecule has 0 saturated heterocycles. The highest BCUT2D eigenvalue weighted by atomic mass is 32.1. The highest BCUT2D eigenvalue weighted by Crippen LogP contribution is 2.12. The van der Waals surface area contributed by atoms with Crippen LogP contribution in [0.4, 0.5) is 0 Å².